The van der Waals surface area contributed by atoms with Crippen LogP contribution in [0.5, 0.6) is 0 Å². The first-order chi connectivity index (χ1) is 15.2. The van der Waals surface area contributed by atoms with Crippen molar-refractivity contribution in [3.8, 4) is 0 Å². The van der Waals surface area contributed by atoms with Gasteiger partial charge in [-0.25, -0.2) is 17.9 Å². The molecular formula is C23H24N2O6S. The van der Waals surface area contributed by atoms with Crippen molar-refractivity contribution in [2.45, 2.75) is 38.6 Å². The van der Waals surface area contributed by atoms with Crippen LogP contribution >= 0.6 is 0 Å². The largest absolute Gasteiger partial charge is 0.460 e. The summed E-state index contributed by atoms with van der Waals surface area (Å²) in [6.45, 7) is 5.90. The van der Waals surface area contributed by atoms with Crippen LogP contribution in [0.4, 0.5) is 5.69 Å². The number of rotatable bonds is 6. The fraction of sp³-hybridized carbons (Fsp3) is 0.304. The van der Waals surface area contributed by atoms with Gasteiger partial charge in [0.1, 0.15) is 5.58 Å². The molecule has 2 aromatic carbocycles. The van der Waals surface area contributed by atoms with E-state index in [0.717, 1.165) is 23.2 Å². The fourth-order valence-electron chi connectivity index (χ4n) is 3.91. The summed E-state index contributed by atoms with van der Waals surface area (Å²) in [6.07, 6.45) is 0.745. The summed E-state index contributed by atoms with van der Waals surface area (Å²) in [5, 5.41) is 0.540. The number of nitrogens with zero attached hydrogens (tertiary/aromatic N) is 1. The monoisotopic (exact) mass is 456 g/mol. The van der Waals surface area contributed by atoms with E-state index in [1.54, 1.807) is 18.7 Å². The highest BCUT2D eigenvalue weighted by atomic mass is 32.2. The van der Waals surface area contributed by atoms with E-state index in [-0.39, 0.29) is 29.7 Å². The van der Waals surface area contributed by atoms with Gasteiger partial charge in [0.05, 0.1) is 11.5 Å². The van der Waals surface area contributed by atoms with Gasteiger partial charge in [-0.2, -0.15) is 0 Å². The maximum Gasteiger partial charge on any atom is 0.374 e. The number of aryl methyl sites for hydroxylation is 1. The molecule has 3 aromatic rings. The van der Waals surface area contributed by atoms with Crippen LogP contribution in [0.15, 0.2) is 45.7 Å². The van der Waals surface area contributed by atoms with Gasteiger partial charge in [-0.05, 0) is 55.7 Å². The van der Waals surface area contributed by atoms with Crippen molar-refractivity contribution in [2.75, 3.05) is 18.1 Å². The molecule has 1 aliphatic heterocycles. The van der Waals surface area contributed by atoms with Gasteiger partial charge in [-0.3, -0.25) is 4.79 Å². The van der Waals surface area contributed by atoms with Crippen LogP contribution in [0.1, 0.15) is 41.1 Å². The van der Waals surface area contributed by atoms with E-state index >= 15 is 0 Å². The number of carbonyl (C=O) groups is 2. The normalized spacial score (nSPS) is 13.4. The number of esters is 1. The van der Waals surface area contributed by atoms with Crippen molar-refractivity contribution in [1.29, 1.82) is 0 Å². The fourth-order valence-corrected chi connectivity index (χ4v) is 4.96. The number of furan rings is 1. The Morgan fingerprint density at radius 2 is 1.97 bits per heavy atom. The maximum atomic E-state index is 12.9. The van der Waals surface area contributed by atoms with Crippen molar-refractivity contribution in [1.82, 2.24) is 4.72 Å². The van der Waals surface area contributed by atoms with Gasteiger partial charge in [0, 0.05) is 36.7 Å². The molecule has 9 heteroatoms. The lowest BCUT2D eigenvalue weighted by Crippen LogP contribution is -2.25. The number of hydrogen-bond acceptors (Lipinski definition) is 6. The summed E-state index contributed by atoms with van der Waals surface area (Å²) in [7, 11) is -3.80. The molecule has 0 spiro atoms. The first-order valence-corrected chi connectivity index (χ1v) is 11.8. The molecule has 0 saturated carbocycles. The minimum atomic E-state index is -3.80. The molecule has 0 atom stereocenters. The Morgan fingerprint density at radius 1 is 1.19 bits per heavy atom. The number of amides is 1. The lowest BCUT2D eigenvalue weighted by molar-refractivity contribution is -0.116. The quantitative estimate of drug-likeness (QED) is 0.571. The molecule has 1 N–H and O–H groups in total. The summed E-state index contributed by atoms with van der Waals surface area (Å²) in [4.78, 5) is 25.5. The third-order valence-electron chi connectivity index (χ3n) is 5.56. The molecule has 1 amide bonds. The molecule has 4 rings (SSSR count). The molecule has 168 valence electrons. The van der Waals surface area contributed by atoms with Crippen molar-refractivity contribution < 1.29 is 27.2 Å². The number of benzene rings is 2. The summed E-state index contributed by atoms with van der Waals surface area (Å²) < 4.78 is 39.0. The van der Waals surface area contributed by atoms with Crippen molar-refractivity contribution in [2.24, 2.45) is 0 Å². The topological polar surface area (TPSA) is 106 Å². The first kappa shape index (κ1) is 22.0. The Hall–Kier alpha value is -3.17. The number of carbonyl (C=O) groups excluding carboxylic acids is 2. The number of hydrogen-bond donors (Lipinski definition) is 1. The lowest BCUT2D eigenvalue weighted by Gasteiger charge is -2.15. The predicted octanol–water partition coefficient (Wildman–Crippen LogP) is 3.31. The standard InChI is InChI=1S/C23H24N2O6S/c1-4-30-23(27)22-14(2)19-12-18(6-8-21(19)31-22)32(28,29)24-13-16-5-7-20-17(11-16)9-10-25(20)15(3)26/h5-8,11-12,24H,4,9-10,13H2,1-3H3. The second kappa shape index (κ2) is 8.40. The number of anilines is 1. The van der Waals surface area contributed by atoms with E-state index < -0.39 is 16.0 Å². The number of fused-ring (bicyclic) bond motifs is 2. The van der Waals surface area contributed by atoms with Crippen LogP contribution < -0.4 is 9.62 Å². The van der Waals surface area contributed by atoms with Crippen LogP contribution in [-0.2, 0) is 32.5 Å². The molecule has 1 aromatic heterocycles. The predicted molar refractivity (Wildman–Crippen MR) is 119 cm³/mol. The molecule has 0 bridgehead atoms. The van der Waals surface area contributed by atoms with Gasteiger partial charge in [-0.1, -0.05) is 12.1 Å². The van der Waals surface area contributed by atoms with Gasteiger partial charge in [0.15, 0.2) is 0 Å². The Morgan fingerprint density at radius 3 is 2.69 bits per heavy atom. The van der Waals surface area contributed by atoms with Crippen LogP contribution in [0.3, 0.4) is 0 Å². The molecule has 2 heterocycles. The molecule has 0 fully saturated rings. The third kappa shape index (κ3) is 4.01. The van der Waals surface area contributed by atoms with Crippen LogP contribution in [0.2, 0.25) is 0 Å². The second-order valence-corrected chi connectivity index (χ2v) is 9.41. The zero-order chi connectivity index (χ0) is 23.0. The van der Waals surface area contributed by atoms with Crippen LogP contribution in [0, 0.1) is 6.92 Å². The average molecular weight is 457 g/mol. The molecular weight excluding hydrogens is 432 g/mol. The Balaban J connectivity index is 1.54. The SMILES string of the molecule is CCOC(=O)c1oc2ccc(S(=O)(=O)NCc3ccc4c(c3)CCN4C(C)=O)cc2c1C. The van der Waals surface area contributed by atoms with Gasteiger partial charge in [0.25, 0.3) is 0 Å². The molecule has 0 radical (unpaired) electrons. The summed E-state index contributed by atoms with van der Waals surface area (Å²) >= 11 is 0. The number of nitrogens with one attached hydrogen (secondary N) is 1. The van der Waals surface area contributed by atoms with E-state index in [9.17, 15) is 18.0 Å². The van der Waals surface area contributed by atoms with Crippen LogP contribution in [-0.4, -0.2) is 33.4 Å². The van der Waals surface area contributed by atoms with E-state index in [4.69, 9.17) is 9.15 Å². The zero-order valence-corrected chi connectivity index (χ0v) is 18.9. The summed E-state index contributed by atoms with van der Waals surface area (Å²) in [5.74, 6) is -0.515. The van der Waals surface area contributed by atoms with Crippen molar-refractivity contribution >= 4 is 38.6 Å². The molecule has 0 unspecified atom stereocenters. The zero-order valence-electron chi connectivity index (χ0n) is 18.1. The van der Waals surface area contributed by atoms with Gasteiger partial charge in [0.2, 0.25) is 21.7 Å². The number of ether oxygens (including phenoxy) is 1. The highest BCUT2D eigenvalue weighted by molar-refractivity contribution is 7.89. The highest BCUT2D eigenvalue weighted by Gasteiger charge is 2.24. The molecule has 1 aliphatic rings. The van der Waals surface area contributed by atoms with Crippen molar-refractivity contribution in [3.63, 3.8) is 0 Å². The minimum absolute atomic E-state index is 0.00625. The van der Waals surface area contributed by atoms with Gasteiger partial charge in [-0.15, -0.1) is 0 Å². The lowest BCUT2D eigenvalue weighted by atomic mass is 10.1. The highest BCUT2D eigenvalue weighted by Crippen LogP contribution is 2.30. The van der Waals surface area contributed by atoms with Gasteiger partial charge < -0.3 is 14.1 Å². The Labute approximate surface area is 186 Å². The average Bonchev–Trinajstić information content (AvgIpc) is 3.33. The third-order valence-corrected chi connectivity index (χ3v) is 6.96. The Kier molecular flexibility index (Phi) is 5.79. The molecule has 32 heavy (non-hydrogen) atoms. The molecule has 0 saturated heterocycles. The smallest absolute Gasteiger partial charge is 0.374 e. The second-order valence-electron chi connectivity index (χ2n) is 7.64. The minimum Gasteiger partial charge on any atom is -0.460 e. The van der Waals surface area contributed by atoms with E-state index in [1.807, 2.05) is 18.2 Å². The van der Waals surface area contributed by atoms with E-state index in [2.05, 4.69) is 4.72 Å². The van der Waals surface area contributed by atoms with E-state index in [0.29, 0.717) is 23.1 Å². The van der Waals surface area contributed by atoms with Crippen LogP contribution in [0.25, 0.3) is 11.0 Å². The number of sulfonamides is 1. The van der Waals surface area contributed by atoms with E-state index in [1.165, 1.54) is 25.1 Å². The molecule has 8 nitrogen and oxygen atoms in total. The first-order valence-electron chi connectivity index (χ1n) is 10.3. The maximum absolute atomic E-state index is 12.9. The summed E-state index contributed by atoms with van der Waals surface area (Å²) in [5.41, 5.74) is 3.66. The van der Waals surface area contributed by atoms with Crippen molar-refractivity contribution in [3.05, 3.63) is 58.8 Å². The van der Waals surface area contributed by atoms with Gasteiger partial charge >= 0.3 is 5.97 Å². The Bertz CT molecular complexity index is 1330. The summed E-state index contributed by atoms with van der Waals surface area (Å²) in [6, 6.07) is 10.1. The molecule has 0 aliphatic carbocycles.